The Morgan fingerprint density at radius 3 is 2.13 bits per heavy atom. The van der Waals surface area contributed by atoms with Gasteiger partial charge < -0.3 is 4.57 Å². The second-order valence-corrected chi connectivity index (χ2v) is 11.7. The highest BCUT2D eigenvalue weighted by Gasteiger charge is 2.19. The summed E-state index contributed by atoms with van der Waals surface area (Å²) in [4.78, 5) is 1.27. The minimum atomic E-state index is 1.17. The number of hydrogen-bond acceptors (Lipinski definition) is 1. The number of halogens is 1. The summed E-state index contributed by atoms with van der Waals surface area (Å²) >= 11 is 5.91. The second-order valence-electron chi connectivity index (χ2n) is 9.87. The molecule has 0 amide bonds. The fourth-order valence-corrected chi connectivity index (χ4v) is 8.12. The topological polar surface area (TPSA) is 4.93 Å². The van der Waals surface area contributed by atoms with Gasteiger partial charge in [-0.15, -0.1) is 11.3 Å². The molecule has 0 bridgehead atoms. The van der Waals surface area contributed by atoms with Crippen LogP contribution in [0.5, 0.6) is 0 Å². The second kappa shape index (κ2) is 8.94. The SMILES string of the molecule is Brc1c(-c2cccc3ccccc23)sc2cccc(-c3ccc4c(c3)c3ccccc3n4-c3ccccc3)c12. The third-order valence-electron chi connectivity index (χ3n) is 7.69. The van der Waals surface area contributed by atoms with E-state index in [-0.39, 0.29) is 0 Å². The van der Waals surface area contributed by atoms with Gasteiger partial charge in [0.15, 0.2) is 0 Å². The molecule has 0 unspecified atom stereocenters. The molecule has 0 spiro atoms. The van der Waals surface area contributed by atoms with Crippen molar-refractivity contribution in [2.75, 3.05) is 0 Å². The lowest BCUT2D eigenvalue weighted by atomic mass is 9.98. The molecule has 6 aromatic carbocycles. The zero-order valence-corrected chi connectivity index (χ0v) is 23.3. The Labute approximate surface area is 238 Å². The highest BCUT2D eigenvalue weighted by atomic mass is 79.9. The third-order valence-corrected chi connectivity index (χ3v) is 9.93. The summed E-state index contributed by atoms with van der Waals surface area (Å²) in [5.74, 6) is 0. The van der Waals surface area contributed by atoms with Gasteiger partial charge in [-0.05, 0) is 74.2 Å². The number of rotatable bonds is 3. The first kappa shape index (κ1) is 22.8. The molecule has 0 aliphatic rings. The summed E-state index contributed by atoms with van der Waals surface area (Å²) in [6, 6.07) is 48.2. The van der Waals surface area contributed by atoms with Crippen molar-refractivity contribution in [1.29, 1.82) is 0 Å². The molecule has 0 radical (unpaired) electrons. The molecular weight excluding hydrogens is 558 g/mol. The van der Waals surface area contributed by atoms with Crippen LogP contribution in [0.25, 0.3) is 69.9 Å². The molecule has 0 N–H and O–H groups in total. The van der Waals surface area contributed by atoms with Crippen molar-refractivity contribution in [2.24, 2.45) is 0 Å². The largest absolute Gasteiger partial charge is 0.309 e. The van der Waals surface area contributed by atoms with Gasteiger partial charge in [0.1, 0.15) is 0 Å². The van der Waals surface area contributed by atoms with Crippen LogP contribution < -0.4 is 0 Å². The Bertz CT molecular complexity index is 2180. The van der Waals surface area contributed by atoms with Gasteiger partial charge >= 0.3 is 0 Å². The summed E-state index contributed by atoms with van der Waals surface area (Å²) in [6.45, 7) is 0. The van der Waals surface area contributed by atoms with Crippen LogP contribution in [-0.2, 0) is 0 Å². The van der Waals surface area contributed by atoms with E-state index in [2.05, 4.69) is 154 Å². The maximum atomic E-state index is 4.05. The number of fused-ring (bicyclic) bond motifs is 5. The molecule has 0 aliphatic heterocycles. The van der Waals surface area contributed by atoms with E-state index in [4.69, 9.17) is 0 Å². The average Bonchev–Trinajstić information content (AvgIpc) is 3.51. The lowest BCUT2D eigenvalue weighted by molar-refractivity contribution is 1.18. The number of nitrogens with zero attached hydrogens (tertiary/aromatic N) is 1. The summed E-state index contributed by atoms with van der Waals surface area (Å²) in [6.07, 6.45) is 0. The number of para-hydroxylation sites is 2. The molecule has 1 nitrogen and oxygen atoms in total. The van der Waals surface area contributed by atoms with Gasteiger partial charge in [0.2, 0.25) is 0 Å². The standard InChI is InChI=1S/C36H22BrNS/c37-35-34-27(16-9-19-33(34)39-36(35)29-17-8-11-23-10-4-5-14-26(23)29)24-20-21-32-30(22-24)28-15-6-7-18-31(28)38(32)25-12-2-1-3-13-25/h1-22H. The number of thiophene rings is 1. The van der Waals surface area contributed by atoms with Gasteiger partial charge in [-0.1, -0.05) is 97.1 Å². The van der Waals surface area contributed by atoms with Crippen LogP contribution in [0, 0.1) is 0 Å². The molecule has 0 fully saturated rings. The van der Waals surface area contributed by atoms with Crippen molar-refractivity contribution >= 4 is 69.9 Å². The van der Waals surface area contributed by atoms with Crippen molar-refractivity contribution in [3.8, 4) is 27.3 Å². The van der Waals surface area contributed by atoms with E-state index in [9.17, 15) is 0 Å². The molecule has 0 saturated carbocycles. The summed E-state index contributed by atoms with van der Waals surface area (Å²) in [5, 5.41) is 6.36. The number of aromatic nitrogens is 1. The lowest BCUT2D eigenvalue weighted by Crippen LogP contribution is -1.92. The zero-order valence-electron chi connectivity index (χ0n) is 20.9. The fourth-order valence-electron chi connectivity index (χ4n) is 5.94. The molecule has 2 heterocycles. The Morgan fingerprint density at radius 1 is 0.538 bits per heavy atom. The summed E-state index contributed by atoms with van der Waals surface area (Å²) < 4.78 is 4.82. The lowest BCUT2D eigenvalue weighted by Gasteiger charge is -2.09. The normalized spacial score (nSPS) is 11.7. The predicted octanol–water partition coefficient (Wildman–Crippen LogP) is 11.2. The monoisotopic (exact) mass is 579 g/mol. The first-order valence-corrected chi connectivity index (χ1v) is 14.7. The molecule has 3 heteroatoms. The molecule has 0 saturated heterocycles. The summed E-state index contributed by atoms with van der Waals surface area (Å²) in [5.41, 5.74) is 7.38. The predicted molar refractivity (Wildman–Crippen MR) is 172 cm³/mol. The van der Waals surface area contributed by atoms with Gasteiger partial charge in [-0.25, -0.2) is 0 Å². The van der Waals surface area contributed by atoms with Gasteiger partial charge in [-0.2, -0.15) is 0 Å². The molecular formula is C36H22BrNS. The van der Waals surface area contributed by atoms with Crippen LogP contribution in [-0.4, -0.2) is 4.57 Å². The first-order chi connectivity index (χ1) is 19.3. The quantitative estimate of drug-likeness (QED) is 0.196. The fraction of sp³-hybridized carbons (Fsp3) is 0. The van der Waals surface area contributed by atoms with Crippen LogP contribution in [0.4, 0.5) is 0 Å². The Morgan fingerprint density at radius 2 is 1.23 bits per heavy atom. The summed E-state index contributed by atoms with van der Waals surface area (Å²) in [7, 11) is 0. The zero-order chi connectivity index (χ0) is 25.9. The van der Waals surface area contributed by atoms with E-state index in [0.29, 0.717) is 0 Å². The van der Waals surface area contributed by atoms with Crippen LogP contribution in [0.3, 0.4) is 0 Å². The average molecular weight is 581 g/mol. The molecule has 8 rings (SSSR count). The van der Waals surface area contributed by atoms with E-state index in [1.54, 1.807) is 0 Å². The molecule has 0 atom stereocenters. The van der Waals surface area contributed by atoms with Gasteiger partial charge in [0.25, 0.3) is 0 Å². The van der Waals surface area contributed by atoms with Gasteiger partial charge in [-0.3, -0.25) is 0 Å². The third kappa shape index (κ3) is 3.51. The van der Waals surface area contributed by atoms with Crippen molar-refractivity contribution in [3.63, 3.8) is 0 Å². The van der Waals surface area contributed by atoms with Crippen molar-refractivity contribution in [2.45, 2.75) is 0 Å². The highest BCUT2D eigenvalue weighted by Crippen LogP contribution is 2.48. The van der Waals surface area contributed by atoms with E-state index < -0.39 is 0 Å². The number of benzene rings is 6. The van der Waals surface area contributed by atoms with Crippen molar-refractivity contribution < 1.29 is 0 Å². The Balaban J connectivity index is 1.37. The van der Waals surface area contributed by atoms with E-state index >= 15 is 0 Å². The van der Waals surface area contributed by atoms with Crippen LogP contribution in [0.1, 0.15) is 0 Å². The Hall–Kier alpha value is -4.18. The highest BCUT2D eigenvalue weighted by molar-refractivity contribution is 9.10. The molecule has 2 aromatic heterocycles. The maximum absolute atomic E-state index is 4.05. The van der Waals surface area contributed by atoms with Gasteiger partial charge in [0, 0.05) is 36.6 Å². The number of hydrogen-bond donors (Lipinski definition) is 0. The van der Waals surface area contributed by atoms with Gasteiger partial charge in [0.05, 0.1) is 15.9 Å². The molecule has 0 aliphatic carbocycles. The van der Waals surface area contributed by atoms with Crippen molar-refractivity contribution in [3.05, 3.63) is 138 Å². The van der Waals surface area contributed by atoms with E-state index in [1.807, 2.05) is 11.3 Å². The minimum Gasteiger partial charge on any atom is -0.309 e. The smallest absolute Gasteiger partial charge is 0.0541 e. The minimum absolute atomic E-state index is 1.17. The van der Waals surface area contributed by atoms with E-state index in [1.165, 1.54) is 74.4 Å². The molecule has 39 heavy (non-hydrogen) atoms. The molecule has 184 valence electrons. The van der Waals surface area contributed by atoms with E-state index in [0.717, 1.165) is 0 Å². The molecule has 8 aromatic rings. The Kier molecular flexibility index (Phi) is 5.22. The maximum Gasteiger partial charge on any atom is 0.0541 e. The first-order valence-electron chi connectivity index (χ1n) is 13.1. The van der Waals surface area contributed by atoms with Crippen LogP contribution in [0.15, 0.2) is 138 Å². The van der Waals surface area contributed by atoms with Crippen LogP contribution >= 0.6 is 27.3 Å². The van der Waals surface area contributed by atoms with Crippen molar-refractivity contribution in [1.82, 2.24) is 4.57 Å². The van der Waals surface area contributed by atoms with Crippen LogP contribution in [0.2, 0.25) is 0 Å².